The van der Waals surface area contributed by atoms with E-state index in [-0.39, 0.29) is 29.5 Å². The molecule has 1 aromatic carbocycles. The van der Waals surface area contributed by atoms with Crippen molar-refractivity contribution in [2.45, 2.75) is 51.9 Å². The van der Waals surface area contributed by atoms with Crippen LogP contribution in [0.1, 0.15) is 68.1 Å². The van der Waals surface area contributed by atoms with Gasteiger partial charge in [-0.2, -0.15) is 0 Å². The maximum absolute atomic E-state index is 12.3. The van der Waals surface area contributed by atoms with Gasteiger partial charge in [0.15, 0.2) is 0 Å². The van der Waals surface area contributed by atoms with Gasteiger partial charge in [0.05, 0.1) is 18.1 Å². The second-order valence-corrected chi connectivity index (χ2v) is 6.74. The van der Waals surface area contributed by atoms with Crippen LogP contribution >= 0.6 is 0 Å². The molecular weight excluding hydrogens is 362 g/mol. The van der Waals surface area contributed by atoms with Gasteiger partial charge < -0.3 is 9.47 Å². The van der Waals surface area contributed by atoms with Crippen molar-refractivity contribution in [2.24, 2.45) is 0 Å². The molecule has 8 nitrogen and oxygen atoms in total. The van der Waals surface area contributed by atoms with E-state index in [0.717, 1.165) is 31.5 Å². The predicted molar refractivity (Wildman–Crippen MR) is 103 cm³/mol. The van der Waals surface area contributed by atoms with Crippen LogP contribution in [0.3, 0.4) is 0 Å². The lowest BCUT2D eigenvalue weighted by atomic mass is 9.88. The van der Waals surface area contributed by atoms with Gasteiger partial charge >= 0.3 is 5.97 Å². The Balaban J connectivity index is 2.13. The lowest BCUT2D eigenvalue weighted by molar-refractivity contribution is -0.384. The smallest absolute Gasteiger partial charge is 0.342 e. The average molecular weight is 387 g/mol. The Morgan fingerprint density at radius 2 is 2.00 bits per heavy atom. The SMILES string of the molecule is CCOC(=O)c1cc([N+](=O)[O-])c(-n2ccnc2C2CCCCC2)cc1OCC. The van der Waals surface area contributed by atoms with E-state index in [1.807, 2.05) is 0 Å². The minimum absolute atomic E-state index is 0.0541. The highest BCUT2D eigenvalue weighted by molar-refractivity contribution is 5.94. The van der Waals surface area contributed by atoms with Crippen LogP contribution in [0.5, 0.6) is 5.75 Å². The predicted octanol–water partition coefficient (Wildman–Crippen LogP) is 4.40. The topological polar surface area (TPSA) is 96.5 Å². The summed E-state index contributed by atoms with van der Waals surface area (Å²) in [6.07, 6.45) is 8.89. The van der Waals surface area contributed by atoms with Crippen LogP contribution in [0.15, 0.2) is 24.5 Å². The first-order valence-corrected chi connectivity index (χ1v) is 9.72. The molecule has 3 rings (SSSR count). The highest BCUT2D eigenvalue weighted by atomic mass is 16.6. The summed E-state index contributed by atoms with van der Waals surface area (Å²) in [6.45, 7) is 3.97. The van der Waals surface area contributed by atoms with Crippen molar-refractivity contribution in [1.82, 2.24) is 9.55 Å². The molecule has 28 heavy (non-hydrogen) atoms. The molecule has 1 aromatic heterocycles. The molecule has 0 aliphatic heterocycles. The maximum Gasteiger partial charge on any atom is 0.342 e. The molecule has 0 radical (unpaired) electrons. The molecule has 0 bridgehead atoms. The standard InChI is InChI=1S/C20H25N3O5/c1-3-27-18-13-16(17(23(25)26)12-15(18)20(24)28-4-2)22-11-10-21-19(22)14-8-6-5-7-9-14/h10-14H,3-9H2,1-2H3. The van der Waals surface area contributed by atoms with Crippen LogP contribution in [-0.2, 0) is 4.74 Å². The third kappa shape index (κ3) is 4.00. The molecule has 0 saturated heterocycles. The number of nitrogens with zero attached hydrogens (tertiary/aromatic N) is 3. The number of ether oxygens (including phenoxy) is 2. The van der Waals surface area contributed by atoms with Gasteiger partial charge in [0.2, 0.25) is 0 Å². The molecule has 0 amide bonds. The van der Waals surface area contributed by atoms with Crippen molar-refractivity contribution < 1.29 is 19.2 Å². The third-order valence-corrected chi connectivity index (χ3v) is 4.97. The maximum atomic E-state index is 12.3. The average Bonchev–Trinajstić information content (AvgIpc) is 3.18. The second kappa shape index (κ2) is 8.86. The number of aromatic nitrogens is 2. The van der Waals surface area contributed by atoms with E-state index < -0.39 is 10.9 Å². The quantitative estimate of drug-likeness (QED) is 0.397. The number of rotatable bonds is 7. The fourth-order valence-electron chi connectivity index (χ4n) is 3.72. The Morgan fingerprint density at radius 3 is 2.64 bits per heavy atom. The largest absolute Gasteiger partial charge is 0.493 e. The first-order valence-electron chi connectivity index (χ1n) is 9.72. The fraction of sp³-hybridized carbons (Fsp3) is 0.500. The van der Waals surface area contributed by atoms with Crippen LogP contribution in [0.4, 0.5) is 5.69 Å². The van der Waals surface area contributed by atoms with Crippen molar-refractivity contribution in [3.05, 3.63) is 46.0 Å². The Hall–Kier alpha value is -2.90. The number of nitro benzene ring substituents is 1. The molecular formula is C20H25N3O5. The van der Waals surface area contributed by atoms with E-state index in [0.29, 0.717) is 12.3 Å². The van der Waals surface area contributed by atoms with Gasteiger partial charge in [-0.25, -0.2) is 9.78 Å². The molecule has 2 aromatic rings. The van der Waals surface area contributed by atoms with E-state index in [9.17, 15) is 14.9 Å². The van der Waals surface area contributed by atoms with Gasteiger partial charge in [-0.15, -0.1) is 0 Å². The van der Waals surface area contributed by atoms with Crippen LogP contribution in [0.25, 0.3) is 5.69 Å². The first-order chi connectivity index (χ1) is 13.6. The van der Waals surface area contributed by atoms with Crippen molar-refractivity contribution in [2.75, 3.05) is 13.2 Å². The zero-order valence-corrected chi connectivity index (χ0v) is 16.2. The highest BCUT2D eigenvalue weighted by Gasteiger charge is 2.28. The summed E-state index contributed by atoms with van der Waals surface area (Å²) >= 11 is 0. The minimum Gasteiger partial charge on any atom is -0.493 e. The monoisotopic (exact) mass is 387 g/mol. The Kier molecular flexibility index (Phi) is 6.28. The van der Waals surface area contributed by atoms with Crippen molar-refractivity contribution in [3.63, 3.8) is 0 Å². The molecule has 1 saturated carbocycles. The Morgan fingerprint density at radius 1 is 1.25 bits per heavy atom. The minimum atomic E-state index is -0.640. The second-order valence-electron chi connectivity index (χ2n) is 6.74. The lowest BCUT2D eigenvalue weighted by Crippen LogP contribution is -2.14. The van der Waals surface area contributed by atoms with E-state index in [1.54, 1.807) is 36.9 Å². The summed E-state index contributed by atoms with van der Waals surface area (Å²) in [4.78, 5) is 28.1. The van der Waals surface area contributed by atoms with E-state index in [1.165, 1.54) is 12.5 Å². The van der Waals surface area contributed by atoms with Gasteiger partial charge in [0.1, 0.15) is 22.8 Å². The molecule has 0 N–H and O–H groups in total. The van der Waals surface area contributed by atoms with Crippen LogP contribution in [0.2, 0.25) is 0 Å². The van der Waals surface area contributed by atoms with Gasteiger partial charge in [-0.1, -0.05) is 19.3 Å². The van der Waals surface area contributed by atoms with E-state index >= 15 is 0 Å². The number of nitro groups is 1. The number of imidazole rings is 1. The third-order valence-electron chi connectivity index (χ3n) is 4.97. The number of hydrogen-bond donors (Lipinski definition) is 0. The highest BCUT2D eigenvalue weighted by Crippen LogP contribution is 2.37. The van der Waals surface area contributed by atoms with Crippen molar-refractivity contribution in [3.8, 4) is 11.4 Å². The summed E-state index contributed by atoms with van der Waals surface area (Å²) in [5, 5.41) is 11.8. The zero-order chi connectivity index (χ0) is 20.1. The zero-order valence-electron chi connectivity index (χ0n) is 16.2. The molecule has 1 aliphatic carbocycles. The fourth-order valence-corrected chi connectivity index (χ4v) is 3.72. The molecule has 1 heterocycles. The van der Waals surface area contributed by atoms with Gasteiger partial charge in [-0.05, 0) is 26.7 Å². The molecule has 0 spiro atoms. The molecule has 1 fully saturated rings. The molecule has 8 heteroatoms. The molecule has 150 valence electrons. The Labute approximate surface area is 163 Å². The number of benzene rings is 1. The molecule has 0 atom stereocenters. The van der Waals surface area contributed by atoms with E-state index in [4.69, 9.17) is 9.47 Å². The van der Waals surface area contributed by atoms with Crippen LogP contribution in [-0.4, -0.2) is 33.7 Å². The van der Waals surface area contributed by atoms with Gasteiger partial charge in [0.25, 0.3) is 5.69 Å². The lowest BCUT2D eigenvalue weighted by Gasteiger charge is -2.22. The summed E-state index contributed by atoms with van der Waals surface area (Å²) in [5.74, 6) is 0.710. The van der Waals surface area contributed by atoms with Crippen molar-refractivity contribution in [1.29, 1.82) is 0 Å². The first kappa shape index (κ1) is 19.9. The summed E-state index contributed by atoms with van der Waals surface area (Å²) in [7, 11) is 0. The number of carbonyl (C=O) groups is 1. The number of esters is 1. The van der Waals surface area contributed by atoms with Crippen LogP contribution < -0.4 is 4.74 Å². The van der Waals surface area contributed by atoms with E-state index in [2.05, 4.69) is 4.98 Å². The summed E-state index contributed by atoms with van der Waals surface area (Å²) in [5.41, 5.74) is 0.222. The molecule has 0 unspecified atom stereocenters. The Bertz CT molecular complexity index is 856. The summed E-state index contributed by atoms with van der Waals surface area (Å²) in [6, 6.07) is 2.78. The number of hydrogen-bond acceptors (Lipinski definition) is 6. The van der Waals surface area contributed by atoms with Crippen LogP contribution in [0, 0.1) is 10.1 Å². The number of carbonyl (C=O) groups excluding carboxylic acids is 1. The summed E-state index contributed by atoms with van der Waals surface area (Å²) < 4.78 is 12.4. The normalized spacial score (nSPS) is 14.6. The van der Waals surface area contributed by atoms with Gasteiger partial charge in [-0.3, -0.25) is 14.7 Å². The molecule has 1 aliphatic rings. The van der Waals surface area contributed by atoms with Crippen molar-refractivity contribution >= 4 is 11.7 Å². The van der Waals surface area contributed by atoms with Gasteiger partial charge in [0, 0.05) is 30.4 Å².